The van der Waals surface area contributed by atoms with Crippen LogP contribution in [-0.2, 0) is 9.84 Å². The molecule has 2 rings (SSSR count). The summed E-state index contributed by atoms with van der Waals surface area (Å²) in [4.78, 5) is 2.54. The molecule has 0 aromatic heterocycles. The summed E-state index contributed by atoms with van der Waals surface area (Å²) in [5, 5.41) is 11.9. The van der Waals surface area contributed by atoms with Crippen molar-refractivity contribution in [1.29, 1.82) is 5.26 Å². The summed E-state index contributed by atoms with van der Waals surface area (Å²) in [5.41, 5.74) is 0.475. The molecule has 0 radical (unpaired) electrons. The molecule has 0 amide bonds. The molecule has 1 aromatic carbocycles. The number of nitrogens with one attached hydrogen (secondary N) is 1. The van der Waals surface area contributed by atoms with Crippen molar-refractivity contribution < 1.29 is 8.42 Å². The summed E-state index contributed by atoms with van der Waals surface area (Å²) in [5.74, 6) is 0.124. The number of hydrogen-bond donors (Lipinski definition) is 1. The molecule has 1 aromatic rings. The van der Waals surface area contributed by atoms with Crippen molar-refractivity contribution in [3.63, 3.8) is 0 Å². The lowest BCUT2D eigenvalue weighted by atomic mass is 10.2. The van der Waals surface area contributed by atoms with Crippen molar-refractivity contribution in [3.05, 3.63) is 29.8 Å². The van der Waals surface area contributed by atoms with Crippen LogP contribution in [0.4, 0.5) is 0 Å². The number of sulfone groups is 1. The number of likely N-dealkylation sites (N-methyl/N-ethyl adjacent to an activating group) is 1. The molecule has 6 heteroatoms. The molecule has 0 aliphatic carbocycles. The second-order valence-corrected chi connectivity index (χ2v) is 7.45. The quantitative estimate of drug-likeness (QED) is 0.849. The van der Waals surface area contributed by atoms with Gasteiger partial charge in [0, 0.05) is 19.1 Å². The molecule has 1 heterocycles. The van der Waals surface area contributed by atoms with Gasteiger partial charge in [0.05, 0.1) is 22.3 Å². The van der Waals surface area contributed by atoms with Crippen LogP contribution >= 0.6 is 0 Å². The molecule has 5 nitrogen and oxygen atoms in total. The fourth-order valence-electron chi connectivity index (χ4n) is 2.75. The van der Waals surface area contributed by atoms with Gasteiger partial charge < -0.3 is 5.32 Å². The third-order valence-corrected chi connectivity index (χ3v) is 5.64. The molecule has 1 saturated heterocycles. The molecule has 0 bridgehead atoms. The minimum Gasteiger partial charge on any atom is -0.318 e. The minimum absolute atomic E-state index is 0.124. The van der Waals surface area contributed by atoms with Crippen molar-refractivity contribution in [1.82, 2.24) is 10.2 Å². The fraction of sp³-hybridized carbons (Fsp3) is 0.533. The van der Waals surface area contributed by atoms with Gasteiger partial charge in [0.15, 0.2) is 9.84 Å². The second kappa shape index (κ2) is 7.03. The lowest BCUT2D eigenvalue weighted by Gasteiger charge is -2.24. The van der Waals surface area contributed by atoms with Gasteiger partial charge in [0.1, 0.15) is 0 Å². The molecule has 0 spiro atoms. The van der Waals surface area contributed by atoms with Gasteiger partial charge in [-0.1, -0.05) is 0 Å². The molecule has 0 saturated carbocycles. The number of benzene rings is 1. The highest BCUT2D eigenvalue weighted by Gasteiger charge is 2.25. The van der Waals surface area contributed by atoms with E-state index in [0.29, 0.717) is 23.0 Å². The van der Waals surface area contributed by atoms with E-state index in [0.717, 1.165) is 25.9 Å². The fourth-order valence-corrected chi connectivity index (χ4v) is 4.01. The van der Waals surface area contributed by atoms with Crippen LogP contribution in [0.15, 0.2) is 29.2 Å². The Morgan fingerprint density at radius 2 is 2.10 bits per heavy atom. The summed E-state index contributed by atoms with van der Waals surface area (Å²) in [7, 11) is -1.36. The van der Waals surface area contributed by atoms with Gasteiger partial charge in [-0.25, -0.2) is 8.42 Å². The zero-order valence-electron chi connectivity index (χ0n) is 12.2. The van der Waals surface area contributed by atoms with Gasteiger partial charge in [0.2, 0.25) is 0 Å². The van der Waals surface area contributed by atoms with Crippen molar-refractivity contribution in [2.24, 2.45) is 0 Å². The van der Waals surface area contributed by atoms with E-state index in [9.17, 15) is 8.42 Å². The third-order valence-electron chi connectivity index (χ3n) is 3.93. The smallest absolute Gasteiger partial charge is 0.179 e. The first-order valence-corrected chi connectivity index (χ1v) is 8.83. The third kappa shape index (κ3) is 4.03. The van der Waals surface area contributed by atoms with Gasteiger partial charge in [-0.2, -0.15) is 5.26 Å². The molecule has 1 fully saturated rings. The summed E-state index contributed by atoms with van der Waals surface area (Å²) < 4.78 is 24.7. The molecule has 1 N–H and O–H groups in total. The number of nitrogens with zero attached hydrogens (tertiary/aromatic N) is 2. The van der Waals surface area contributed by atoms with E-state index in [2.05, 4.69) is 10.2 Å². The lowest BCUT2D eigenvalue weighted by molar-refractivity contribution is 0.264. The van der Waals surface area contributed by atoms with Crippen LogP contribution in [-0.4, -0.2) is 51.8 Å². The Balaban J connectivity index is 1.99. The first kappa shape index (κ1) is 16.0. The topological polar surface area (TPSA) is 73.2 Å². The maximum atomic E-state index is 12.3. The maximum absolute atomic E-state index is 12.3. The molecule has 1 aliphatic rings. The Kier molecular flexibility index (Phi) is 5.34. The predicted octanol–water partition coefficient (Wildman–Crippen LogP) is 1.02. The highest BCUT2D eigenvalue weighted by atomic mass is 32.2. The lowest BCUT2D eigenvalue weighted by Crippen LogP contribution is -2.39. The monoisotopic (exact) mass is 307 g/mol. The van der Waals surface area contributed by atoms with Crippen LogP contribution in [0.2, 0.25) is 0 Å². The van der Waals surface area contributed by atoms with Gasteiger partial charge >= 0.3 is 0 Å². The Labute approximate surface area is 126 Å². The standard InChI is InChI=1S/C15H21N3O2S/c1-17-12-14-3-2-8-18(14)9-10-21(19,20)15-6-4-13(11-16)5-7-15/h4-7,14,17H,2-3,8-10,12H2,1H3. The maximum Gasteiger partial charge on any atom is 0.179 e. The van der Waals surface area contributed by atoms with Crippen LogP contribution in [0.3, 0.4) is 0 Å². The Morgan fingerprint density at radius 3 is 2.71 bits per heavy atom. The number of likely N-dealkylation sites (tertiary alicyclic amines) is 1. The van der Waals surface area contributed by atoms with Gasteiger partial charge in [-0.15, -0.1) is 0 Å². The van der Waals surface area contributed by atoms with Crippen molar-refractivity contribution in [2.45, 2.75) is 23.8 Å². The number of rotatable bonds is 6. The summed E-state index contributed by atoms with van der Waals surface area (Å²) in [6, 6.07) is 8.56. The molecular weight excluding hydrogens is 286 g/mol. The number of nitriles is 1. The van der Waals surface area contributed by atoms with Gasteiger partial charge in [-0.3, -0.25) is 4.90 Å². The SMILES string of the molecule is CNCC1CCCN1CCS(=O)(=O)c1ccc(C#N)cc1. The highest BCUT2D eigenvalue weighted by molar-refractivity contribution is 7.91. The van der Waals surface area contributed by atoms with Crippen molar-refractivity contribution >= 4 is 9.84 Å². The molecule has 21 heavy (non-hydrogen) atoms. The molecule has 1 aliphatic heterocycles. The predicted molar refractivity (Wildman–Crippen MR) is 81.7 cm³/mol. The highest BCUT2D eigenvalue weighted by Crippen LogP contribution is 2.18. The van der Waals surface area contributed by atoms with Gasteiger partial charge in [0.25, 0.3) is 0 Å². The summed E-state index contributed by atoms with van der Waals surface area (Å²) >= 11 is 0. The largest absolute Gasteiger partial charge is 0.318 e. The van der Waals surface area contributed by atoms with Crippen LogP contribution < -0.4 is 5.32 Å². The summed E-state index contributed by atoms with van der Waals surface area (Å²) in [6.45, 7) is 2.43. The molecule has 1 atom stereocenters. The van der Waals surface area contributed by atoms with Crippen LogP contribution in [0.1, 0.15) is 18.4 Å². The molecule has 114 valence electrons. The van der Waals surface area contributed by atoms with Crippen LogP contribution in [0.25, 0.3) is 0 Å². The van der Waals surface area contributed by atoms with Crippen LogP contribution in [0, 0.1) is 11.3 Å². The van der Waals surface area contributed by atoms with Crippen molar-refractivity contribution in [2.75, 3.05) is 32.4 Å². The van der Waals surface area contributed by atoms with Crippen molar-refractivity contribution in [3.8, 4) is 6.07 Å². The summed E-state index contributed by atoms with van der Waals surface area (Å²) in [6.07, 6.45) is 2.25. The minimum atomic E-state index is -3.28. The first-order valence-electron chi connectivity index (χ1n) is 7.18. The van der Waals surface area contributed by atoms with E-state index in [1.165, 1.54) is 12.1 Å². The van der Waals surface area contributed by atoms with E-state index in [-0.39, 0.29) is 5.75 Å². The van der Waals surface area contributed by atoms with E-state index in [1.54, 1.807) is 12.1 Å². The average Bonchev–Trinajstić information content (AvgIpc) is 2.93. The Morgan fingerprint density at radius 1 is 1.38 bits per heavy atom. The van der Waals surface area contributed by atoms with E-state index >= 15 is 0 Å². The Hall–Kier alpha value is -1.42. The zero-order chi connectivity index (χ0) is 15.3. The second-order valence-electron chi connectivity index (χ2n) is 5.34. The van der Waals surface area contributed by atoms with Gasteiger partial charge in [-0.05, 0) is 50.7 Å². The number of hydrogen-bond acceptors (Lipinski definition) is 5. The van der Waals surface area contributed by atoms with E-state index in [4.69, 9.17) is 5.26 Å². The van der Waals surface area contributed by atoms with Crippen LogP contribution in [0.5, 0.6) is 0 Å². The first-order chi connectivity index (χ1) is 10.1. The Bertz CT molecular complexity index is 605. The zero-order valence-corrected chi connectivity index (χ0v) is 13.1. The van der Waals surface area contributed by atoms with E-state index < -0.39 is 9.84 Å². The molecule has 1 unspecified atom stereocenters. The van der Waals surface area contributed by atoms with E-state index in [1.807, 2.05) is 13.1 Å². The molecular formula is C15H21N3O2S. The average molecular weight is 307 g/mol. The normalized spacial score (nSPS) is 19.5.